The molecular formula is C28H24I2O4. The summed E-state index contributed by atoms with van der Waals surface area (Å²) in [5.41, 5.74) is 5.28. The summed E-state index contributed by atoms with van der Waals surface area (Å²) in [6.07, 6.45) is 6.81. The number of para-hydroxylation sites is 1. The number of aliphatic hydroxyl groups is 1. The van der Waals surface area contributed by atoms with Crippen LogP contribution in [0.5, 0.6) is 17.2 Å². The van der Waals surface area contributed by atoms with E-state index in [2.05, 4.69) is 45.2 Å². The highest BCUT2D eigenvalue weighted by molar-refractivity contribution is 14.1. The number of benzene rings is 3. The van der Waals surface area contributed by atoms with Crippen LogP contribution in [0.25, 0.3) is 0 Å². The van der Waals surface area contributed by atoms with Gasteiger partial charge in [0, 0.05) is 25.9 Å². The quantitative estimate of drug-likeness (QED) is 0.228. The molecule has 4 N–H and O–H groups in total. The zero-order chi connectivity index (χ0) is 24.0. The highest BCUT2D eigenvalue weighted by Gasteiger charge is 2.27. The zero-order valence-corrected chi connectivity index (χ0v) is 22.6. The van der Waals surface area contributed by atoms with E-state index in [1.807, 2.05) is 60.7 Å². The van der Waals surface area contributed by atoms with Gasteiger partial charge in [-0.25, -0.2) is 0 Å². The molecule has 0 fully saturated rings. The smallest absolute Gasteiger partial charge is 0.122 e. The molecule has 174 valence electrons. The van der Waals surface area contributed by atoms with Crippen molar-refractivity contribution < 1.29 is 20.4 Å². The first-order valence-electron chi connectivity index (χ1n) is 11.2. The van der Waals surface area contributed by atoms with Crippen molar-refractivity contribution in [1.29, 1.82) is 0 Å². The molecule has 8 bridgehead atoms. The molecule has 0 spiro atoms. The molecular weight excluding hydrogens is 654 g/mol. The van der Waals surface area contributed by atoms with Crippen LogP contribution in [0.2, 0.25) is 0 Å². The summed E-state index contributed by atoms with van der Waals surface area (Å²) in [6, 6.07) is 13.4. The highest BCUT2D eigenvalue weighted by Crippen LogP contribution is 2.38. The van der Waals surface area contributed by atoms with Gasteiger partial charge in [-0.1, -0.05) is 36.4 Å². The molecule has 2 aliphatic rings. The van der Waals surface area contributed by atoms with Gasteiger partial charge in [-0.05, 0) is 121 Å². The Morgan fingerprint density at radius 3 is 1.79 bits per heavy atom. The molecule has 0 saturated carbocycles. The van der Waals surface area contributed by atoms with Gasteiger partial charge in [0.1, 0.15) is 17.2 Å². The van der Waals surface area contributed by atoms with Crippen molar-refractivity contribution in [1.82, 2.24) is 0 Å². The van der Waals surface area contributed by atoms with Crippen LogP contribution >= 0.6 is 45.2 Å². The third kappa shape index (κ3) is 4.59. The molecule has 2 atom stereocenters. The van der Waals surface area contributed by atoms with E-state index in [0.29, 0.717) is 25.7 Å². The Balaban J connectivity index is 1.69. The van der Waals surface area contributed by atoms with Crippen LogP contribution in [-0.4, -0.2) is 26.5 Å². The molecule has 5 rings (SSSR count). The first kappa shape index (κ1) is 23.7. The van der Waals surface area contributed by atoms with Gasteiger partial charge in [-0.15, -0.1) is 0 Å². The Kier molecular flexibility index (Phi) is 6.65. The van der Waals surface area contributed by atoms with Crippen molar-refractivity contribution in [3.05, 3.63) is 107 Å². The number of rotatable bonds is 0. The monoisotopic (exact) mass is 678 g/mol. The maximum absolute atomic E-state index is 11.2. The molecule has 0 aromatic heterocycles. The van der Waals surface area contributed by atoms with Crippen LogP contribution in [0, 0.1) is 13.1 Å². The lowest BCUT2D eigenvalue weighted by Gasteiger charge is -2.27. The van der Waals surface area contributed by atoms with Crippen LogP contribution in [-0.2, 0) is 25.7 Å². The molecule has 0 heterocycles. The third-order valence-corrected chi connectivity index (χ3v) is 7.98. The average molecular weight is 678 g/mol. The predicted molar refractivity (Wildman–Crippen MR) is 149 cm³/mol. The summed E-state index contributed by atoms with van der Waals surface area (Å²) in [5.74, 6) is 0.415. The van der Waals surface area contributed by atoms with E-state index in [1.54, 1.807) is 0 Å². The van der Waals surface area contributed by atoms with E-state index in [9.17, 15) is 20.4 Å². The van der Waals surface area contributed by atoms with Gasteiger partial charge in [-0.2, -0.15) is 0 Å². The van der Waals surface area contributed by atoms with E-state index >= 15 is 0 Å². The summed E-state index contributed by atoms with van der Waals surface area (Å²) >= 11 is 4.49. The lowest BCUT2D eigenvalue weighted by atomic mass is 9.82. The van der Waals surface area contributed by atoms with Crippen molar-refractivity contribution in [3.63, 3.8) is 0 Å². The summed E-state index contributed by atoms with van der Waals surface area (Å²) < 4.78 is 1.99. The fourth-order valence-corrected chi connectivity index (χ4v) is 6.46. The average Bonchev–Trinajstić information content (AvgIpc) is 2.79. The molecule has 2 aliphatic carbocycles. The van der Waals surface area contributed by atoms with Crippen LogP contribution < -0.4 is 0 Å². The van der Waals surface area contributed by atoms with Gasteiger partial charge in [0.25, 0.3) is 0 Å². The number of aromatic hydroxyl groups is 3. The minimum Gasteiger partial charge on any atom is -0.507 e. The summed E-state index contributed by atoms with van der Waals surface area (Å²) in [5, 5.41) is 44.5. The first-order chi connectivity index (χ1) is 16.3. The summed E-state index contributed by atoms with van der Waals surface area (Å²) in [7, 11) is 0. The molecule has 0 unspecified atom stereocenters. The number of hydrogen-bond donors (Lipinski definition) is 4. The number of allylic oxidation sites excluding steroid dienone is 2. The Morgan fingerprint density at radius 2 is 1.18 bits per heavy atom. The van der Waals surface area contributed by atoms with Gasteiger partial charge in [0.2, 0.25) is 0 Å². The van der Waals surface area contributed by atoms with Crippen molar-refractivity contribution in [2.75, 3.05) is 0 Å². The molecule has 0 radical (unpaired) electrons. The minimum atomic E-state index is -0.712. The van der Waals surface area contributed by atoms with E-state index < -0.39 is 6.10 Å². The number of hydrogen-bond acceptors (Lipinski definition) is 4. The van der Waals surface area contributed by atoms with Crippen LogP contribution in [0.3, 0.4) is 0 Å². The maximum atomic E-state index is 11.2. The van der Waals surface area contributed by atoms with E-state index in [0.717, 1.165) is 46.1 Å². The molecule has 34 heavy (non-hydrogen) atoms. The standard InChI is InChI=1S/C28H24I2O4/c29-23-11-19-7-15-3-1-4-16(25(15)31)8-20-12-24(30)14-22(28(20)34)10-18-6-2-5-17(26(18)32)9-21(13-23)27(19)33/h1-6,11-15,25,31-34H,7-10H2/t15-,25+/m0/s1. The van der Waals surface area contributed by atoms with E-state index in [1.165, 1.54) is 0 Å². The summed E-state index contributed by atoms with van der Waals surface area (Å²) in [6.45, 7) is 0. The zero-order valence-electron chi connectivity index (χ0n) is 18.3. The molecule has 3 aromatic carbocycles. The van der Waals surface area contributed by atoms with Crippen LogP contribution in [0.4, 0.5) is 0 Å². The maximum Gasteiger partial charge on any atom is 0.122 e. The minimum absolute atomic E-state index is 0.187. The topological polar surface area (TPSA) is 80.9 Å². The van der Waals surface area contributed by atoms with Crippen molar-refractivity contribution >= 4 is 45.2 Å². The van der Waals surface area contributed by atoms with Crippen molar-refractivity contribution in [3.8, 4) is 17.2 Å². The summed E-state index contributed by atoms with van der Waals surface area (Å²) in [4.78, 5) is 0. The number of phenols is 3. The Labute approximate surface area is 226 Å². The van der Waals surface area contributed by atoms with Crippen LogP contribution in [0.1, 0.15) is 33.4 Å². The molecule has 3 aromatic rings. The normalized spacial score (nSPS) is 19.6. The van der Waals surface area contributed by atoms with Gasteiger partial charge in [0.05, 0.1) is 6.10 Å². The molecule has 6 heteroatoms. The second-order valence-electron chi connectivity index (χ2n) is 9.04. The molecule has 0 amide bonds. The van der Waals surface area contributed by atoms with Gasteiger partial charge < -0.3 is 20.4 Å². The van der Waals surface area contributed by atoms with Gasteiger partial charge in [-0.3, -0.25) is 0 Å². The van der Waals surface area contributed by atoms with Crippen molar-refractivity contribution in [2.45, 2.75) is 31.8 Å². The second kappa shape index (κ2) is 9.54. The third-order valence-electron chi connectivity index (χ3n) is 6.73. The van der Waals surface area contributed by atoms with Gasteiger partial charge in [0.15, 0.2) is 0 Å². The number of halogens is 2. The van der Waals surface area contributed by atoms with Crippen molar-refractivity contribution in [2.24, 2.45) is 5.92 Å². The largest absolute Gasteiger partial charge is 0.507 e. The number of fused-ring (bicyclic) bond motifs is 8. The first-order valence-corrected chi connectivity index (χ1v) is 13.3. The van der Waals surface area contributed by atoms with E-state index in [-0.39, 0.29) is 23.2 Å². The highest BCUT2D eigenvalue weighted by atomic mass is 127. The molecule has 0 aliphatic heterocycles. The Morgan fingerprint density at radius 1 is 0.676 bits per heavy atom. The molecule has 4 nitrogen and oxygen atoms in total. The predicted octanol–water partition coefficient (Wildman–Crippen LogP) is 5.77. The molecule has 0 saturated heterocycles. The SMILES string of the molecule is Oc1c2cc(I)cc1Cc1cccc(c1O)Cc1cc(I)cc(c1O)C[C@@H]1C=CC=C(C2)[C@@H]1O. The fraction of sp³-hybridized carbons (Fsp3) is 0.214. The van der Waals surface area contributed by atoms with Crippen LogP contribution in [0.15, 0.2) is 66.3 Å². The Hall–Kier alpha value is -2.04. The fourth-order valence-electron chi connectivity index (χ4n) is 4.95. The number of aliphatic hydroxyl groups excluding tert-OH is 1. The lowest BCUT2D eigenvalue weighted by Crippen LogP contribution is -2.26. The lowest BCUT2D eigenvalue weighted by molar-refractivity contribution is 0.159. The second-order valence-corrected chi connectivity index (χ2v) is 11.5. The van der Waals surface area contributed by atoms with Gasteiger partial charge >= 0.3 is 0 Å². The van der Waals surface area contributed by atoms with E-state index in [4.69, 9.17) is 0 Å². The number of phenolic OH excluding ortho intramolecular Hbond substituents is 3. The Bertz CT molecular complexity index is 1340.